The van der Waals surface area contributed by atoms with Gasteiger partial charge in [0.1, 0.15) is 0 Å². The first-order chi connectivity index (χ1) is 23.9. The zero-order chi connectivity index (χ0) is 33.3. The molecule has 0 aliphatic rings. The Morgan fingerprint density at radius 2 is 0.714 bits per heavy atom. The number of hydrogen-bond donors (Lipinski definition) is 0. The summed E-state index contributed by atoms with van der Waals surface area (Å²) < 4.78 is 52.9. The highest BCUT2D eigenvalue weighted by molar-refractivity contribution is 6.12. The van der Waals surface area contributed by atoms with Crippen LogP contribution in [-0.4, -0.2) is 9.13 Å². The number of rotatable bonds is 4. The lowest BCUT2D eigenvalue weighted by atomic mass is 9.85. The second kappa shape index (κ2) is 11.0. The maximum absolute atomic E-state index is 16.3. The number of hydrogen-bond acceptors (Lipinski definition) is 0. The molecule has 0 radical (unpaired) electrons. The Balaban J connectivity index is 1.61. The van der Waals surface area contributed by atoms with E-state index in [9.17, 15) is 0 Å². The van der Waals surface area contributed by atoms with Gasteiger partial charge < -0.3 is 9.13 Å². The highest BCUT2D eigenvalue weighted by Gasteiger charge is 2.42. The van der Waals surface area contributed by atoms with Crippen LogP contribution in [0.4, 0.5) is 13.2 Å². The Morgan fingerprint density at radius 3 is 1.10 bits per heavy atom. The average Bonchev–Trinajstić information content (AvgIpc) is 3.64. The molecule has 2 nitrogen and oxygen atoms in total. The fraction of sp³-hybridized carbons (Fsp3) is 0.0455. The van der Waals surface area contributed by atoms with Crippen LogP contribution in [0, 0.1) is 6.92 Å². The van der Waals surface area contributed by atoms with Gasteiger partial charge in [-0.2, -0.15) is 13.2 Å². The second-order valence-corrected chi connectivity index (χ2v) is 12.4. The molecule has 0 N–H and O–H groups in total. The molecule has 5 heteroatoms. The Kier molecular flexibility index (Phi) is 6.53. The van der Waals surface area contributed by atoms with Gasteiger partial charge in [0.25, 0.3) is 0 Å². The van der Waals surface area contributed by atoms with Crippen LogP contribution in [0.5, 0.6) is 0 Å². The van der Waals surface area contributed by atoms with Crippen molar-refractivity contribution in [1.82, 2.24) is 9.13 Å². The third-order valence-corrected chi connectivity index (χ3v) is 9.71. The van der Waals surface area contributed by atoms with Gasteiger partial charge in [-0.15, -0.1) is 0 Å². The lowest BCUT2D eigenvalue weighted by Gasteiger charge is -2.29. The molecule has 0 amide bonds. The zero-order valence-electron chi connectivity index (χ0n) is 26.5. The minimum absolute atomic E-state index is 0.132. The van der Waals surface area contributed by atoms with Crippen molar-refractivity contribution >= 4 is 43.6 Å². The molecule has 236 valence electrons. The number of para-hydroxylation sites is 4. The van der Waals surface area contributed by atoms with Crippen LogP contribution in [0.1, 0.15) is 11.1 Å². The molecule has 0 unspecified atom stereocenters. The molecule has 9 aromatic rings. The van der Waals surface area contributed by atoms with Crippen molar-refractivity contribution in [1.29, 1.82) is 0 Å². The van der Waals surface area contributed by atoms with E-state index >= 15 is 13.2 Å². The van der Waals surface area contributed by atoms with E-state index in [1.165, 1.54) is 0 Å². The van der Waals surface area contributed by atoms with Gasteiger partial charge in [-0.05, 0) is 47.9 Å². The second-order valence-electron chi connectivity index (χ2n) is 12.4. The van der Waals surface area contributed by atoms with E-state index in [-0.39, 0.29) is 11.3 Å². The SMILES string of the molecule is Cc1c(-c2ccccc2)c(-n2c3ccccc3c3ccccc32)c(-c2ccccc2)c(C(F)(F)F)c1-n1c2ccccc2c2ccccc21. The van der Waals surface area contributed by atoms with Crippen LogP contribution in [0.15, 0.2) is 158 Å². The highest BCUT2D eigenvalue weighted by atomic mass is 19.4. The minimum Gasteiger partial charge on any atom is -0.308 e. The molecule has 0 saturated heterocycles. The Hall–Kier alpha value is -6.07. The Bertz CT molecular complexity index is 2590. The molecule has 0 aliphatic heterocycles. The molecular formula is C44H29F3N2. The maximum Gasteiger partial charge on any atom is 0.419 e. The van der Waals surface area contributed by atoms with Crippen molar-refractivity contribution < 1.29 is 13.2 Å². The van der Waals surface area contributed by atoms with Crippen LogP contribution in [0.2, 0.25) is 0 Å². The van der Waals surface area contributed by atoms with Crippen molar-refractivity contribution in [2.75, 3.05) is 0 Å². The summed E-state index contributed by atoms with van der Waals surface area (Å²) >= 11 is 0. The van der Waals surface area contributed by atoms with E-state index in [1.807, 2.05) is 162 Å². The van der Waals surface area contributed by atoms with Gasteiger partial charge in [0.05, 0.1) is 39.0 Å². The molecule has 2 heterocycles. The van der Waals surface area contributed by atoms with E-state index in [4.69, 9.17) is 0 Å². The van der Waals surface area contributed by atoms with Gasteiger partial charge in [-0.1, -0.05) is 133 Å². The van der Waals surface area contributed by atoms with Crippen LogP contribution in [-0.2, 0) is 6.18 Å². The first-order valence-corrected chi connectivity index (χ1v) is 16.3. The number of alkyl halides is 3. The highest BCUT2D eigenvalue weighted by Crippen LogP contribution is 2.52. The summed E-state index contributed by atoms with van der Waals surface area (Å²) in [6.45, 7) is 1.85. The van der Waals surface area contributed by atoms with Gasteiger partial charge in [0.15, 0.2) is 0 Å². The number of aromatic nitrogens is 2. The summed E-state index contributed by atoms with van der Waals surface area (Å²) in [6.07, 6.45) is -4.72. The average molecular weight is 643 g/mol. The predicted octanol–water partition coefficient (Wildman–Crippen LogP) is 12.5. The van der Waals surface area contributed by atoms with Gasteiger partial charge >= 0.3 is 6.18 Å². The summed E-state index contributed by atoms with van der Waals surface area (Å²) in [5.41, 5.74) is 5.86. The zero-order valence-corrected chi connectivity index (χ0v) is 26.5. The normalized spacial score (nSPS) is 12.1. The minimum atomic E-state index is -4.72. The summed E-state index contributed by atoms with van der Waals surface area (Å²) in [5, 5.41) is 3.77. The molecule has 49 heavy (non-hydrogen) atoms. The molecule has 0 saturated carbocycles. The van der Waals surface area contributed by atoms with Crippen molar-refractivity contribution in [2.24, 2.45) is 0 Å². The van der Waals surface area contributed by atoms with Gasteiger partial charge in [-0.25, -0.2) is 0 Å². The fourth-order valence-electron chi connectivity index (χ4n) is 7.80. The molecule has 0 fully saturated rings. The first kappa shape index (κ1) is 29.1. The molecule has 0 atom stereocenters. The monoisotopic (exact) mass is 642 g/mol. The Morgan fingerprint density at radius 1 is 0.388 bits per heavy atom. The quantitative estimate of drug-likeness (QED) is 0.181. The number of halogens is 3. The lowest BCUT2D eigenvalue weighted by Crippen LogP contribution is -2.18. The van der Waals surface area contributed by atoms with Crippen molar-refractivity contribution in [3.63, 3.8) is 0 Å². The molecule has 0 aliphatic carbocycles. The van der Waals surface area contributed by atoms with E-state index < -0.39 is 11.7 Å². The summed E-state index contributed by atoms with van der Waals surface area (Å²) in [5.74, 6) is 0. The van der Waals surface area contributed by atoms with Crippen LogP contribution in [0.25, 0.3) is 77.2 Å². The smallest absolute Gasteiger partial charge is 0.308 e. The fourth-order valence-corrected chi connectivity index (χ4v) is 7.80. The molecule has 7 aromatic carbocycles. The standard InChI is InChI=1S/C44H29F3N2/c1-28-39(29-16-4-2-5-17-29)43(49-37-26-14-10-22-33(37)34-23-11-15-27-38(34)49)40(30-18-6-3-7-19-30)41(44(45,46)47)42(28)48-35-24-12-8-20-31(35)32-21-9-13-25-36(32)48/h2-27H,1H3. The van der Waals surface area contributed by atoms with E-state index in [1.54, 1.807) is 12.1 Å². The van der Waals surface area contributed by atoms with Crippen molar-refractivity contribution in [3.05, 3.63) is 169 Å². The molecule has 2 aromatic heterocycles. The topological polar surface area (TPSA) is 9.86 Å². The lowest BCUT2D eigenvalue weighted by molar-refractivity contribution is -0.137. The number of benzene rings is 7. The third kappa shape index (κ3) is 4.35. The van der Waals surface area contributed by atoms with E-state index in [0.29, 0.717) is 16.8 Å². The van der Waals surface area contributed by atoms with Gasteiger partial charge in [-0.3, -0.25) is 0 Å². The van der Waals surface area contributed by atoms with Crippen molar-refractivity contribution in [3.8, 4) is 33.6 Å². The predicted molar refractivity (Wildman–Crippen MR) is 196 cm³/mol. The number of nitrogens with zero attached hydrogens (tertiary/aromatic N) is 2. The maximum atomic E-state index is 16.3. The molecule has 0 spiro atoms. The summed E-state index contributed by atoms with van der Waals surface area (Å²) in [4.78, 5) is 0. The molecule has 0 bridgehead atoms. The van der Waals surface area contributed by atoms with E-state index in [0.717, 1.165) is 54.7 Å². The van der Waals surface area contributed by atoms with Gasteiger partial charge in [0.2, 0.25) is 0 Å². The van der Waals surface area contributed by atoms with E-state index in [2.05, 4.69) is 0 Å². The Labute approximate surface area is 280 Å². The third-order valence-electron chi connectivity index (χ3n) is 9.71. The number of fused-ring (bicyclic) bond motifs is 6. The summed E-state index contributed by atoms with van der Waals surface area (Å²) in [7, 11) is 0. The van der Waals surface area contributed by atoms with Crippen molar-refractivity contribution in [2.45, 2.75) is 13.1 Å². The summed E-state index contributed by atoms with van der Waals surface area (Å²) in [6, 6.07) is 50.3. The molecule has 9 rings (SSSR count). The largest absolute Gasteiger partial charge is 0.419 e. The van der Waals surface area contributed by atoms with Crippen LogP contribution in [0.3, 0.4) is 0 Å². The van der Waals surface area contributed by atoms with Gasteiger partial charge in [0, 0.05) is 32.7 Å². The molecular weight excluding hydrogens is 613 g/mol. The first-order valence-electron chi connectivity index (χ1n) is 16.3. The van der Waals surface area contributed by atoms with Crippen LogP contribution < -0.4 is 0 Å². The van der Waals surface area contributed by atoms with Crippen LogP contribution >= 0.6 is 0 Å².